The fourth-order valence-electron chi connectivity index (χ4n) is 2.07. The summed E-state index contributed by atoms with van der Waals surface area (Å²) in [7, 11) is 0. The van der Waals surface area contributed by atoms with Crippen LogP contribution in [0.3, 0.4) is 0 Å². The molecule has 3 rings (SSSR count). The average molecular weight is 301 g/mol. The minimum atomic E-state index is -0.261. The molecule has 0 fully saturated rings. The summed E-state index contributed by atoms with van der Waals surface area (Å²) in [6.45, 7) is 2.30. The maximum Gasteiger partial charge on any atom is 0.270 e. The van der Waals surface area contributed by atoms with Gasteiger partial charge >= 0.3 is 0 Å². The van der Waals surface area contributed by atoms with Crippen LogP contribution in [-0.2, 0) is 6.54 Å². The number of carbonyl (C=O) groups excluding carboxylic acids is 1. The number of H-pyrrole nitrogens is 1. The van der Waals surface area contributed by atoms with E-state index in [-0.39, 0.29) is 5.91 Å². The lowest BCUT2D eigenvalue weighted by molar-refractivity contribution is 0.0946. The van der Waals surface area contributed by atoms with Crippen LogP contribution in [0.25, 0.3) is 10.9 Å². The van der Waals surface area contributed by atoms with E-state index in [1.165, 1.54) is 0 Å². The van der Waals surface area contributed by atoms with Crippen molar-refractivity contribution in [2.45, 2.75) is 13.5 Å². The molecule has 0 atom stereocenters. The molecule has 0 aliphatic heterocycles. The van der Waals surface area contributed by atoms with Crippen LogP contribution in [0.4, 0.5) is 0 Å². The summed E-state index contributed by atoms with van der Waals surface area (Å²) >= 11 is 6.20. The number of pyridine rings is 1. The highest BCUT2D eigenvalue weighted by molar-refractivity contribution is 6.35. The van der Waals surface area contributed by atoms with Crippen LogP contribution in [0, 0.1) is 6.92 Å². The number of hydrogen-bond acceptors (Lipinski definition) is 3. The molecule has 2 aromatic heterocycles. The Hall–Kier alpha value is -2.40. The molecule has 1 aromatic carbocycles. The molecule has 21 heavy (non-hydrogen) atoms. The van der Waals surface area contributed by atoms with Gasteiger partial charge in [-0.2, -0.15) is 5.10 Å². The van der Waals surface area contributed by atoms with Crippen LogP contribution < -0.4 is 5.32 Å². The third-order valence-electron chi connectivity index (χ3n) is 3.27. The quantitative estimate of drug-likeness (QED) is 0.781. The number of aromatic amines is 1. The molecule has 0 saturated heterocycles. The third-order valence-corrected chi connectivity index (χ3v) is 3.58. The Labute approximate surface area is 126 Å². The van der Waals surface area contributed by atoms with Crippen molar-refractivity contribution in [1.29, 1.82) is 0 Å². The number of aromatic nitrogens is 3. The van der Waals surface area contributed by atoms with E-state index in [1.807, 2.05) is 31.2 Å². The van der Waals surface area contributed by atoms with Crippen molar-refractivity contribution in [3.8, 4) is 0 Å². The van der Waals surface area contributed by atoms with E-state index in [9.17, 15) is 4.79 Å². The van der Waals surface area contributed by atoms with Crippen LogP contribution in [-0.4, -0.2) is 21.1 Å². The summed E-state index contributed by atoms with van der Waals surface area (Å²) in [4.78, 5) is 16.5. The van der Waals surface area contributed by atoms with Crippen molar-refractivity contribution >= 4 is 28.4 Å². The largest absolute Gasteiger partial charge is 0.346 e. The van der Waals surface area contributed by atoms with Crippen LogP contribution >= 0.6 is 11.6 Å². The monoisotopic (exact) mass is 300 g/mol. The Bertz CT molecular complexity index is 812. The van der Waals surface area contributed by atoms with E-state index < -0.39 is 0 Å². The van der Waals surface area contributed by atoms with Gasteiger partial charge in [0.2, 0.25) is 0 Å². The number of benzene rings is 1. The molecule has 1 amide bonds. The van der Waals surface area contributed by atoms with E-state index >= 15 is 0 Å². The number of para-hydroxylation sites is 1. The number of aryl methyl sites for hydroxylation is 1. The first-order valence-electron chi connectivity index (χ1n) is 6.47. The van der Waals surface area contributed by atoms with Gasteiger partial charge in [0.25, 0.3) is 5.91 Å². The van der Waals surface area contributed by atoms with Crippen LogP contribution in [0.1, 0.15) is 21.7 Å². The van der Waals surface area contributed by atoms with Crippen LogP contribution in [0.15, 0.2) is 36.5 Å². The highest BCUT2D eigenvalue weighted by atomic mass is 35.5. The van der Waals surface area contributed by atoms with E-state index in [2.05, 4.69) is 20.5 Å². The first kappa shape index (κ1) is 13.6. The molecule has 3 aromatic rings. The summed E-state index contributed by atoms with van der Waals surface area (Å²) in [6, 6.07) is 9.04. The van der Waals surface area contributed by atoms with Crippen molar-refractivity contribution in [3.05, 3.63) is 58.5 Å². The fourth-order valence-corrected chi connectivity index (χ4v) is 2.33. The Morgan fingerprint density at radius 2 is 2.19 bits per heavy atom. The summed E-state index contributed by atoms with van der Waals surface area (Å²) in [5.74, 6) is -0.261. The Kier molecular flexibility index (Phi) is 3.58. The number of rotatable bonds is 3. The Balaban J connectivity index is 1.83. The van der Waals surface area contributed by atoms with Crippen molar-refractivity contribution in [3.63, 3.8) is 0 Å². The van der Waals surface area contributed by atoms with Gasteiger partial charge in [-0.15, -0.1) is 0 Å². The van der Waals surface area contributed by atoms with Crippen molar-refractivity contribution in [1.82, 2.24) is 20.5 Å². The summed E-state index contributed by atoms with van der Waals surface area (Å²) in [5.41, 5.74) is 2.88. The molecule has 5 nitrogen and oxygen atoms in total. The zero-order valence-electron chi connectivity index (χ0n) is 11.4. The van der Waals surface area contributed by atoms with Gasteiger partial charge in [0, 0.05) is 23.2 Å². The molecule has 2 heterocycles. The summed E-state index contributed by atoms with van der Waals surface area (Å²) < 4.78 is 0. The van der Waals surface area contributed by atoms with Crippen LogP contribution in [0.2, 0.25) is 5.02 Å². The topological polar surface area (TPSA) is 70.7 Å². The molecule has 2 N–H and O–H groups in total. The summed E-state index contributed by atoms with van der Waals surface area (Å²) in [5, 5.41) is 10.9. The Morgan fingerprint density at radius 3 is 2.95 bits per heavy atom. The van der Waals surface area contributed by atoms with Gasteiger partial charge in [0.1, 0.15) is 5.69 Å². The molecular weight excluding hydrogens is 288 g/mol. The molecule has 106 valence electrons. The fraction of sp³-hybridized carbons (Fsp3) is 0.133. The number of nitrogens with one attached hydrogen (secondary N) is 2. The van der Waals surface area contributed by atoms with E-state index in [0.29, 0.717) is 22.8 Å². The van der Waals surface area contributed by atoms with Crippen LogP contribution in [0.5, 0.6) is 0 Å². The second kappa shape index (κ2) is 5.54. The number of halogens is 1. The minimum Gasteiger partial charge on any atom is -0.346 e. The van der Waals surface area contributed by atoms with Crippen molar-refractivity contribution in [2.24, 2.45) is 0 Å². The molecule has 0 aliphatic carbocycles. The molecule has 0 aliphatic rings. The molecule has 6 heteroatoms. The normalized spacial score (nSPS) is 10.8. The number of hydrogen-bond donors (Lipinski definition) is 2. The highest BCUT2D eigenvalue weighted by Gasteiger charge is 2.11. The summed E-state index contributed by atoms with van der Waals surface area (Å²) in [6.07, 6.45) is 1.69. The van der Waals surface area contributed by atoms with Gasteiger partial charge in [-0.05, 0) is 19.1 Å². The zero-order valence-corrected chi connectivity index (χ0v) is 12.1. The number of nitrogens with zero attached hydrogens (tertiary/aromatic N) is 2. The lowest BCUT2D eigenvalue weighted by Gasteiger charge is -2.06. The average Bonchev–Trinajstić information content (AvgIpc) is 2.90. The van der Waals surface area contributed by atoms with Crippen molar-refractivity contribution in [2.75, 3.05) is 0 Å². The molecular formula is C15H13ClN4O. The Morgan fingerprint density at radius 1 is 1.38 bits per heavy atom. The smallest absolute Gasteiger partial charge is 0.270 e. The van der Waals surface area contributed by atoms with Crippen molar-refractivity contribution < 1.29 is 4.79 Å². The molecule has 0 spiro atoms. The van der Waals surface area contributed by atoms with Gasteiger partial charge in [-0.25, -0.2) is 4.98 Å². The van der Waals surface area contributed by atoms with E-state index in [4.69, 9.17) is 11.6 Å². The maximum atomic E-state index is 12.2. The SMILES string of the molecule is Cc1[nH]ncc1CNC(=O)c1cc(Cl)c2ccccc2n1. The standard InChI is InChI=1S/C15H13ClN4O/c1-9-10(8-18-20-9)7-17-15(21)14-6-12(16)11-4-2-3-5-13(11)19-14/h2-6,8H,7H2,1H3,(H,17,21)(H,18,20). The minimum absolute atomic E-state index is 0.261. The maximum absolute atomic E-state index is 12.2. The lowest BCUT2D eigenvalue weighted by atomic mass is 10.2. The predicted molar refractivity (Wildman–Crippen MR) is 81.2 cm³/mol. The predicted octanol–water partition coefficient (Wildman–Crippen LogP) is 2.85. The van der Waals surface area contributed by atoms with Gasteiger partial charge in [-0.1, -0.05) is 29.8 Å². The number of carbonyl (C=O) groups is 1. The number of fused-ring (bicyclic) bond motifs is 1. The first-order valence-corrected chi connectivity index (χ1v) is 6.85. The lowest BCUT2D eigenvalue weighted by Crippen LogP contribution is -2.24. The van der Waals surface area contributed by atoms with E-state index in [1.54, 1.807) is 12.3 Å². The number of amides is 1. The van der Waals surface area contributed by atoms with Gasteiger partial charge in [-0.3, -0.25) is 9.89 Å². The highest BCUT2D eigenvalue weighted by Crippen LogP contribution is 2.22. The molecule has 0 saturated carbocycles. The van der Waals surface area contributed by atoms with Gasteiger partial charge in [0.05, 0.1) is 16.7 Å². The molecule has 0 unspecified atom stereocenters. The third kappa shape index (κ3) is 2.73. The van der Waals surface area contributed by atoms with Gasteiger partial charge in [0.15, 0.2) is 0 Å². The molecule has 0 radical (unpaired) electrons. The molecule has 0 bridgehead atoms. The first-order chi connectivity index (χ1) is 10.1. The zero-order chi connectivity index (χ0) is 14.8. The van der Waals surface area contributed by atoms with Gasteiger partial charge < -0.3 is 5.32 Å². The second-order valence-corrected chi connectivity index (χ2v) is 5.12. The van der Waals surface area contributed by atoms with E-state index in [0.717, 1.165) is 16.6 Å². The second-order valence-electron chi connectivity index (χ2n) is 4.71.